The zero-order valence-electron chi connectivity index (χ0n) is 12.0. The molecule has 0 aliphatic carbocycles. The summed E-state index contributed by atoms with van der Waals surface area (Å²) in [4.78, 5) is 16.4. The van der Waals surface area contributed by atoms with E-state index in [2.05, 4.69) is 19.9 Å². The van der Waals surface area contributed by atoms with Crippen molar-refractivity contribution >= 4 is 40.9 Å². The number of halogens is 2. The largest absolute Gasteiger partial charge is 0.440 e. The van der Waals surface area contributed by atoms with Crippen molar-refractivity contribution in [3.8, 4) is 11.3 Å². The van der Waals surface area contributed by atoms with Gasteiger partial charge >= 0.3 is 0 Å². The molecule has 6 nitrogen and oxygen atoms in total. The predicted molar refractivity (Wildman–Crippen MR) is 90.5 cm³/mol. The van der Waals surface area contributed by atoms with E-state index in [0.717, 1.165) is 0 Å². The third-order valence-corrected chi connectivity index (χ3v) is 4.21. The summed E-state index contributed by atoms with van der Waals surface area (Å²) < 4.78 is 5.71. The Hall–Kier alpha value is -1.83. The maximum absolute atomic E-state index is 6.16. The molecule has 0 radical (unpaired) electrons. The monoisotopic (exact) mass is 367 g/mol. The van der Waals surface area contributed by atoms with Crippen LogP contribution in [0.4, 0.5) is 5.95 Å². The fourth-order valence-electron chi connectivity index (χ4n) is 1.86. The molecule has 3 rings (SSSR count). The van der Waals surface area contributed by atoms with Gasteiger partial charge in [-0.2, -0.15) is 9.97 Å². The summed E-state index contributed by atoms with van der Waals surface area (Å²) >= 11 is 13.5. The summed E-state index contributed by atoms with van der Waals surface area (Å²) in [5, 5.41) is 1.65. The fourth-order valence-corrected chi connectivity index (χ4v) is 2.98. The van der Waals surface area contributed by atoms with Gasteiger partial charge in [0.05, 0.1) is 17.0 Å². The Balaban J connectivity index is 1.76. The first kappa shape index (κ1) is 16.0. The second-order valence-electron chi connectivity index (χ2n) is 4.55. The topological polar surface area (TPSA) is 90.7 Å². The van der Waals surface area contributed by atoms with Gasteiger partial charge in [0.15, 0.2) is 10.9 Å². The maximum atomic E-state index is 6.16. The molecule has 1 aromatic carbocycles. The van der Waals surface area contributed by atoms with Gasteiger partial charge in [0.25, 0.3) is 0 Å². The third kappa shape index (κ3) is 3.93. The molecule has 2 N–H and O–H groups in total. The molecular weight excluding hydrogens is 357 g/mol. The molecule has 9 heteroatoms. The quantitative estimate of drug-likeness (QED) is 0.696. The van der Waals surface area contributed by atoms with Crippen LogP contribution in [0, 0.1) is 6.92 Å². The minimum atomic E-state index is 0.193. The highest BCUT2D eigenvalue weighted by atomic mass is 35.5. The van der Waals surface area contributed by atoms with Crippen LogP contribution in [0.25, 0.3) is 11.3 Å². The first-order valence-electron chi connectivity index (χ1n) is 6.52. The molecule has 0 aliphatic rings. The lowest BCUT2D eigenvalue weighted by Crippen LogP contribution is -2.01. The van der Waals surface area contributed by atoms with Gasteiger partial charge in [-0.05, 0) is 25.1 Å². The maximum Gasteiger partial charge on any atom is 0.224 e. The summed E-state index contributed by atoms with van der Waals surface area (Å²) in [5.41, 5.74) is 6.29. The number of aromatic nitrogens is 4. The Morgan fingerprint density at radius 1 is 1.22 bits per heavy atom. The smallest absolute Gasteiger partial charge is 0.224 e. The summed E-state index contributed by atoms with van der Waals surface area (Å²) in [7, 11) is 0. The lowest BCUT2D eigenvalue weighted by atomic mass is 10.2. The summed E-state index contributed by atoms with van der Waals surface area (Å²) in [6.45, 7) is 1.76. The van der Waals surface area contributed by atoms with Gasteiger partial charge in [-0.3, -0.25) is 0 Å². The number of hydrogen-bond acceptors (Lipinski definition) is 7. The van der Waals surface area contributed by atoms with Crippen molar-refractivity contribution in [2.45, 2.75) is 17.8 Å². The Morgan fingerprint density at radius 2 is 2.04 bits per heavy atom. The Morgan fingerprint density at radius 3 is 2.83 bits per heavy atom. The summed E-state index contributed by atoms with van der Waals surface area (Å²) in [5.74, 6) is 2.30. The minimum absolute atomic E-state index is 0.193. The van der Waals surface area contributed by atoms with Crippen LogP contribution < -0.4 is 5.73 Å². The number of nitrogen functional groups attached to an aromatic ring is 1. The fraction of sp³-hybridized carbons (Fsp3) is 0.143. The number of anilines is 1. The standard InChI is InChI=1S/C14H11Cl2N5OS/c1-7-19-13(17)21-14(20-7)23-6-12-18-5-11(22-12)9-4-8(15)2-3-10(9)16/h2-5H,6H2,1H3,(H2,17,19,20,21). The van der Waals surface area contributed by atoms with Gasteiger partial charge < -0.3 is 10.2 Å². The summed E-state index contributed by atoms with van der Waals surface area (Å²) in [6.07, 6.45) is 1.61. The van der Waals surface area contributed by atoms with E-state index in [4.69, 9.17) is 33.4 Å². The molecule has 3 aromatic rings. The van der Waals surface area contributed by atoms with Crippen LogP contribution in [0.1, 0.15) is 11.7 Å². The number of aryl methyl sites for hydroxylation is 1. The molecular formula is C14H11Cl2N5OS. The number of thioether (sulfide) groups is 1. The van der Waals surface area contributed by atoms with Crippen molar-refractivity contribution in [1.82, 2.24) is 19.9 Å². The predicted octanol–water partition coefficient (Wildman–Crippen LogP) is 4.02. The lowest BCUT2D eigenvalue weighted by Gasteiger charge is -2.01. The van der Waals surface area contributed by atoms with E-state index in [0.29, 0.717) is 44.0 Å². The first-order valence-corrected chi connectivity index (χ1v) is 8.26. The van der Waals surface area contributed by atoms with Crippen LogP contribution in [-0.2, 0) is 5.75 Å². The molecule has 0 spiro atoms. The van der Waals surface area contributed by atoms with Gasteiger partial charge in [-0.15, -0.1) is 0 Å². The highest BCUT2D eigenvalue weighted by Gasteiger charge is 2.12. The van der Waals surface area contributed by atoms with Gasteiger partial charge in [0, 0.05) is 10.6 Å². The minimum Gasteiger partial charge on any atom is -0.440 e. The van der Waals surface area contributed by atoms with Crippen molar-refractivity contribution in [3.63, 3.8) is 0 Å². The zero-order chi connectivity index (χ0) is 16.4. The van der Waals surface area contributed by atoms with Crippen molar-refractivity contribution < 1.29 is 4.42 Å². The van der Waals surface area contributed by atoms with Crippen molar-refractivity contribution in [3.05, 3.63) is 46.2 Å². The van der Waals surface area contributed by atoms with Crippen LogP contribution >= 0.6 is 35.0 Å². The highest BCUT2D eigenvalue weighted by molar-refractivity contribution is 7.98. The molecule has 23 heavy (non-hydrogen) atoms. The van der Waals surface area contributed by atoms with Crippen molar-refractivity contribution in [2.75, 3.05) is 5.73 Å². The van der Waals surface area contributed by atoms with Gasteiger partial charge in [-0.1, -0.05) is 35.0 Å². The Kier molecular flexibility index (Phi) is 4.70. The summed E-state index contributed by atoms with van der Waals surface area (Å²) in [6, 6.07) is 5.16. The molecule has 2 aromatic heterocycles. The normalized spacial score (nSPS) is 10.9. The van der Waals surface area contributed by atoms with Crippen molar-refractivity contribution in [1.29, 1.82) is 0 Å². The van der Waals surface area contributed by atoms with Crippen LogP contribution in [0.5, 0.6) is 0 Å². The molecule has 0 amide bonds. The molecule has 0 aliphatic heterocycles. The van der Waals surface area contributed by atoms with E-state index < -0.39 is 0 Å². The van der Waals surface area contributed by atoms with Gasteiger partial charge in [0.2, 0.25) is 11.8 Å². The molecule has 0 fully saturated rings. The molecule has 0 saturated carbocycles. The average Bonchev–Trinajstić information content (AvgIpc) is 2.95. The van der Waals surface area contributed by atoms with Gasteiger partial charge in [0.1, 0.15) is 5.82 Å². The number of oxazole rings is 1. The highest BCUT2D eigenvalue weighted by Crippen LogP contribution is 2.32. The van der Waals surface area contributed by atoms with E-state index >= 15 is 0 Å². The molecule has 0 bridgehead atoms. The number of benzene rings is 1. The lowest BCUT2D eigenvalue weighted by molar-refractivity contribution is 0.530. The van der Waals surface area contributed by atoms with E-state index in [-0.39, 0.29) is 5.95 Å². The van der Waals surface area contributed by atoms with Gasteiger partial charge in [-0.25, -0.2) is 9.97 Å². The number of rotatable bonds is 4. The number of hydrogen-bond donors (Lipinski definition) is 1. The van der Waals surface area contributed by atoms with E-state index in [1.54, 1.807) is 31.3 Å². The van der Waals surface area contributed by atoms with E-state index in [1.807, 2.05) is 0 Å². The molecule has 0 unspecified atom stereocenters. The molecule has 0 saturated heterocycles. The molecule has 118 valence electrons. The van der Waals surface area contributed by atoms with E-state index in [1.165, 1.54) is 11.8 Å². The number of nitrogens with two attached hydrogens (primary N) is 1. The van der Waals surface area contributed by atoms with Crippen LogP contribution in [0.2, 0.25) is 10.0 Å². The van der Waals surface area contributed by atoms with Crippen LogP contribution in [0.3, 0.4) is 0 Å². The third-order valence-electron chi connectivity index (χ3n) is 2.82. The van der Waals surface area contributed by atoms with E-state index in [9.17, 15) is 0 Å². The SMILES string of the molecule is Cc1nc(N)nc(SCc2ncc(-c3cc(Cl)ccc3Cl)o2)n1. The first-order chi connectivity index (χ1) is 11.0. The Bertz CT molecular complexity index is 835. The molecule has 0 atom stereocenters. The Labute approximate surface area is 146 Å². The zero-order valence-corrected chi connectivity index (χ0v) is 14.3. The second kappa shape index (κ2) is 6.74. The molecule has 2 heterocycles. The number of nitrogens with zero attached hydrogens (tertiary/aromatic N) is 4. The second-order valence-corrected chi connectivity index (χ2v) is 6.34. The average molecular weight is 368 g/mol. The van der Waals surface area contributed by atoms with Crippen LogP contribution in [0.15, 0.2) is 34.0 Å². The van der Waals surface area contributed by atoms with Crippen LogP contribution in [-0.4, -0.2) is 19.9 Å². The van der Waals surface area contributed by atoms with Crippen molar-refractivity contribution in [2.24, 2.45) is 0 Å².